The van der Waals surface area contributed by atoms with Gasteiger partial charge in [-0.25, -0.2) is 4.39 Å². The number of benzene rings is 1. The molecule has 0 aliphatic carbocycles. The largest absolute Gasteiger partial charge is 0.453 e. The smallest absolute Gasteiger partial charge is 0.205 e. The molecule has 0 amide bonds. The lowest BCUT2D eigenvalue weighted by Crippen LogP contribution is -2.11. The molecule has 2 rings (SSSR count). The Morgan fingerprint density at radius 1 is 1.31 bits per heavy atom. The van der Waals surface area contributed by atoms with Gasteiger partial charge in [0.25, 0.3) is 0 Å². The molecule has 5 heteroatoms. The van der Waals surface area contributed by atoms with Gasteiger partial charge in [-0.05, 0) is 24.3 Å². The molecule has 0 unspecified atom stereocenters. The highest BCUT2D eigenvalue weighted by Crippen LogP contribution is 2.22. The lowest BCUT2D eigenvalue weighted by molar-refractivity contribution is 0.317. The van der Waals surface area contributed by atoms with Crippen LogP contribution in [0.4, 0.5) is 4.39 Å². The van der Waals surface area contributed by atoms with Gasteiger partial charge in [-0.3, -0.25) is 0 Å². The van der Waals surface area contributed by atoms with E-state index in [-0.39, 0.29) is 17.4 Å². The Hall–Kier alpha value is -2.30. The average molecular weight is 220 g/mol. The van der Waals surface area contributed by atoms with Crippen molar-refractivity contribution in [1.29, 1.82) is 0 Å². The van der Waals surface area contributed by atoms with Gasteiger partial charge in [0, 0.05) is 5.56 Å². The van der Waals surface area contributed by atoms with Crippen molar-refractivity contribution in [3.05, 3.63) is 48.0 Å². The number of amidine groups is 1. The first kappa shape index (κ1) is 10.2. The number of nitrogens with zero attached hydrogens (tertiary/aromatic N) is 1. The van der Waals surface area contributed by atoms with E-state index < -0.39 is 0 Å². The normalized spacial score (nSPS) is 11.7. The molecule has 82 valence electrons. The van der Waals surface area contributed by atoms with Gasteiger partial charge >= 0.3 is 0 Å². The molecule has 0 fully saturated rings. The topological polar surface area (TPSA) is 71.8 Å². The van der Waals surface area contributed by atoms with E-state index in [2.05, 4.69) is 5.16 Å². The first-order valence-electron chi connectivity index (χ1n) is 4.54. The fourth-order valence-electron chi connectivity index (χ4n) is 1.32. The van der Waals surface area contributed by atoms with Crippen molar-refractivity contribution in [2.75, 3.05) is 0 Å². The van der Waals surface area contributed by atoms with E-state index in [0.717, 1.165) is 0 Å². The minimum absolute atomic E-state index is 0.123. The van der Waals surface area contributed by atoms with E-state index in [0.29, 0.717) is 11.3 Å². The lowest BCUT2D eigenvalue weighted by Gasteiger charge is -1.96. The Bertz CT molecular complexity index is 534. The zero-order valence-corrected chi connectivity index (χ0v) is 8.22. The second-order valence-electron chi connectivity index (χ2n) is 3.16. The summed E-state index contributed by atoms with van der Waals surface area (Å²) in [5, 5.41) is 11.3. The van der Waals surface area contributed by atoms with Gasteiger partial charge in [0.1, 0.15) is 11.6 Å². The van der Waals surface area contributed by atoms with Crippen LogP contribution in [0.15, 0.2) is 46.0 Å². The van der Waals surface area contributed by atoms with Crippen molar-refractivity contribution < 1.29 is 14.0 Å². The predicted molar refractivity (Wildman–Crippen MR) is 56.6 cm³/mol. The highest BCUT2D eigenvalue weighted by molar-refractivity contribution is 5.94. The molecule has 0 aliphatic heterocycles. The van der Waals surface area contributed by atoms with Gasteiger partial charge < -0.3 is 15.4 Å². The number of rotatable bonds is 2. The molecular formula is C11H9FN2O2. The maximum absolute atomic E-state index is 13.0. The summed E-state index contributed by atoms with van der Waals surface area (Å²) in [6.07, 6.45) is 0. The summed E-state index contributed by atoms with van der Waals surface area (Å²) in [4.78, 5) is 0. The first-order valence-corrected chi connectivity index (χ1v) is 4.54. The third-order valence-corrected chi connectivity index (χ3v) is 2.08. The SMILES string of the molecule is N/C(=N/O)c1ccc(-c2cccc(F)c2)o1. The average Bonchev–Trinajstić information content (AvgIpc) is 2.77. The molecule has 0 saturated heterocycles. The second-order valence-corrected chi connectivity index (χ2v) is 3.16. The number of nitrogens with two attached hydrogens (primary N) is 1. The van der Waals surface area contributed by atoms with Crippen LogP contribution in [0.1, 0.15) is 5.76 Å². The summed E-state index contributed by atoms with van der Waals surface area (Å²) < 4.78 is 18.2. The number of hydrogen-bond donors (Lipinski definition) is 2. The molecule has 1 aromatic heterocycles. The quantitative estimate of drug-likeness (QED) is 0.352. The van der Waals surface area contributed by atoms with E-state index in [1.54, 1.807) is 24.3 Å². The maximum Gasteiger partial charge on any atom is 0.205 e. The van der Waals surface area contributed by atoms with Crippen LogP contribution in [-0.2, 0) is 0 Å². The van der Waals surface area contributed by atoms with Gasteiger partial charge in [0.15, 0.2) is 5.76 Å². The van der Waals surface area contributed by atoms with Gasteiger partial charge in [-0.2, -0.15) is 0 Å². The molecule has 2 aromatic rings. The Labute approximate surface area is 90.8 Å². The summed E-state index contributed by atoms with van der Waals surface area (Å²) >= 11 is 0. The van der Waals surface area contributed by atoms with Crippen molar-refractivity contribution in [1.82, 2.24) is 0 Å². The van der Waals surface area contributed by atoms with E-state index >= 15 is 0 Å². The Kier molecular flexibility index (Phi) is 2.59. The second kappa shape index (κ2) is 4.06. The van der Waals surface area contributed by atoms with E-state index in [1.165, 1.54) is 12.1 Å². The molecule has 0 spiro atoms. The molecule has 4 nitrogen and oxygen atoms in total. The van der Waals surface area contributed by atoms with Crippen LogP contribution in [0.2, 0.25) is 0 Å². The summed E-state index contributed by atoms with van der Waals surface area (Å²) in [5.74, 6) is 0.227. The molecular weight excluding hydrogens is 211 g/mol. The predicted octanol–water partition coefficient (Wildman–Crippen LogP) is 2.18. The molecule has 0 radical (unpaired) electrons. The van der Waals surface area contributed by atoms with Gasteiger partial charge in [0.2, 0.25) is 5.84 Å². The van der Waals surface area contributed by atoms with Gasteiger partial charge in [-0.1, -0.05) is 17.3 Å². The van der Waals surface area contributed by atoms with E-state index in [9.17, 15) is 4.39 Å². The summed E-state index contributed by atoms with van der Waals surface area (Å²) in [6, 6.07) is 9.15. The highest BCUT2D eigenvalue weighted by Gasteiger charge is 2.08. The number of hydrogen-bond acceptors (Lipinski definition) is 3. The van der Waals surface area contributed by atoms with Gasteiger partial charge in [0.05, 0.1) is 0 Å². The first-order chi connectivity index (χ1) is 7.70. The zero-order chi connectivity index (χ0) is 11.5. The Morgan fingerprint density at radius 2 is 2.12 bits per heavy atom. The zero-order valence-electron chi connectivity index (χ0n) is 8.22. The van der Waals surface area contributed by atoms with Gasteiger partial charge in [-0.15, -0.1) is 0 Å². The van der Waals surface area contributed by atoms with Crippen LogP contribution in [-0.4, -0.2) is 11.0 Å². The molecule has 1 heterocycles. The highest BCUT2D eigenvalue weighted by atomic mass is 19.1. The minimum atomic E-state index is -0.348. The molecule has 0 bridgehead atoms. The Morgan fingerprint density at radius 3 is 2.81 bits per heavy atom. The molecule has 1 aromatic carbocycles. The minimum Gasteiger partial charge on any atom is -0.453 e. The standard InChI is InChI=1S/C11H9FN2O2/c12-8-3-1-2-7(6-8)9-4-5-10(16-9)11(13)14-15/h1-6,15H,(H2,13,14). The van der Waals surface area contributed by atoms with Crippen molar-refractivity contribution in [2.24, 2.45) is 10.9 Å². The van der Waals surface area contributed by atoms with Crippen LogP contribution in [0.25, 0.3) is 11.3 Å². The summed E-state index contributed by atoms with van der Waals surface area (Å²) in [7, 11) is 0. The van der Waals surface area contributed by atoms with Crippen molar-refractivity contribution in [3.63, 3.8) is 0 Å². The van der Waals surface area contributed by atoms with Crippen LogP contribution in [0.3, 0.4) is 0 Å². The van der Waals surface area contributed by atoms with Crippen molar-refractivity contribution in [2.45, 2.75) is 0 Å². The van der Waals surface area contributed by atoms with Crippen molar-refractivity contribution >= 4 is 5.84 Å². The third-order valence-electron chi connectivity index (χ3n) is 2.08. The maximum atomic E-state index is 13.0. The summed E-state index contributed by atoms with van der Waals surface area (Å²) in [5.41, 5.74) is 5.94. The fourth-order valence-corrected chi connectivity index (χ4v) is 1.32. The molecule has 0 atom stereocenters. The van der Waals surface area contributed by atoms with E-state index in [4.69, 9.17) is 15.4 Å². The van der Waals surface area contributed by atoms with Crippen LogP contribution >= 0.6 is 0 Å². The lowest BCUT2D eigenvalue weighted by atomic mass is 10.2. The van der Waals surface area contributed by atoms with Crippen LogP contribution < -0.4 is 5.73 Å². The number of furan rings is 1. The van der Waals surface area contributed by atoms with E-state index in [1.807, 2.05) is 0 Å². The molecule has 0 aliphatic rings. The molecule has 3 N–H and O–H groups in total. The Balaban J connectivity index is 2.39. The fraction of sp³-hybridized carbons (Fsp3) is 0. The number of halogens is 1. The monoisotopic (exact) mass is 220 g/mol. The third kappa shape index (κ3) is 1.88. The van der Waals surface area contributed by atoms with Crippen LogP contribution in [0.5, 0.6) is 0 Å². The molecule has 0 saturated carbocycles. The molecule has 16 heavy (non-hydrogen) atoms. The van der Waals surface area contributed by atoms with Crippen LogP contribution in [0, 0.1) is 5.82 Å². The van der Waals surface area contributed by atoms with Crippen molar-refractivity contribution in [3.8, 4) is 11.3 Å². The number of oxime groups is 1. The summed E-state index contributed by atoms with van der Waals surface area (Å²) in [6.45, 7) is 0.